The molecule has 0 aliphatic heterocycles. The van der Waals surface area contributed by atoms with Crippen LogP contribution < -0.4 is 10.6 Å². The maximum absolute atomic E-state index is 12.0. The summed E-state index contributed by atoms with van der Waals surface area (Å²) in [6, 6.07) is 10.8. The van der Waals surface area contributed by atoms with Gasteiger partial charge in [0.1, 0.15) is 5.82 Å². The normalized spacial score (nSPS) is 10.0. The summed E-state index contributed by atoms with van der Waals surface area (Å²) in [4.78, 5) is 16.1. The van der Waals surface area contributed by atoms with Crippen molar-refractivity contribution in [1.82, 2.24) is 4.98 Å². The number of nitrogens with zero attached hydrogens (tertiary/aromatic N) is 1. The van der Waals surface area contributed by atoms with Gasteiger partial charge in [0.05, 0.1) is 10.6 Å². The molecule has 0 atom stereocenters. The molecule has 1 heterocycles. The Labute approximate surface area is 116 Å². The summed E-state index contributed by atoms with van der Waals surface area (Å²) in [5.74, 6) is 0.351. The van der Waals surface area contributed by atoms with Crippen LogP contribution in [0.5, 0.6) is 0 Å². The average Bonchev–Trinajstić information content (AvgIpc) is 2.42. The minimum absolute atomic E-state index is 0.233. The Hall–Kier alpha value is -2.07. The predicted molar refractivity (Wildman–Crippen MR) is 77.8 cm³/mol. The highest BCUT2D eigenvalue weighted by Crippen LogP contribution is 2.20. The highest BCUT2D eigenvalue weighted by atomic mass is 35.5. The molecule has 2 N–H and O–H groups in total. The number of benzene rings is 1. The molecule has 4 nitrogen and oxygen atoms in total. The van der Waals surface area contributed by atoms with E-state index in [0.717, 1.165) is 12.2 Å². The number of carbonyl (C=O) groups excluding carboxylic acids is 1. The molecule has 0 saturated heterocycles. The van der Waals surface area contributed by atoms with Gasteiger partial charge >= 0.3 is 0 Å². The second-order valence-corrected chi connectivity index (χ2v) is 4.31. The molecular weight excluding hydrogens is 262 g/mol. The Morgan fingerprint density at radius 3 is 2.68 bits per heavy atom. The van der Waals surface area contributed by atoms with Crippen LogP contribution in [0, 0.1) is 0 Å². The fourth-order valence-corrected chi connectivity index (χ4v) is 1.82. The van der Waals surface area contributed by atoms with Gasteiger partial charge in [-0.1, -0.05) is 29.8 Å². The summed E-state index contributed by atoms with van der Waals surface area (Å²) in [6.45, 7) is 2.68. The number of aromatic nitrogens is 1. The number of pyridine rings is 1. The van der Waals surface area contributed by atoms with Crippen molar-refractivity contribution >= 4 is 29.0 Å². The van der Waals surface area contributed by atoms with Crippen LogP contribution in [0.3, 0.4) is 0 Å². The van der Waals surface area contributed by atoms with Crippen molar-refractivity contribution in [3.05, 3.63) is 53.2 Å². The summed E-state index contributed by atoms with van der Waals surface area (Å²) >= 11 is 6.05. The Bertz CT molecular complexity index is 572. The maximum Gasteiger partial charge on any atom is 0.257 e. The second-order valence-electron chi connectivity index (χ2n) is 3.90. The molecule has 0 unspecified atom stereocenters. The van der Waals surface area contributed by atoms with Crippen molar-refractivity contribution in [2.75, 3.05) is 17.2 Å². The van der Waals surface area contributed by atoms with Gasteiger partial charge in [0.15, 0.2) is 0 Å². The van der Waals surface area contributed by atoms with Crippen LogP contribution >= 0.6 is 11.6 Å². The largest absolute Gasteiger partial charge is 0.369 e. The number of hydrogen-bond donors (Lipinski definition) is 2. The molecular formula is C14H14ClN3O. The van der Waals surface area contributed by atoms with Crippen LogP contribution in [0.25, 0.3) is 0 Å². The van der Waals surface area contributed by atoms with Crippen LogP contribution in [0.2, 0.25) is 5.02 Å². The quantitative estimate of drug-likeness (QED) is 0.899. The van der Waals surface area contributed by atoms with Crippen molar-refractivity contribution < 1.29 is 4.79 Å². The molecule has 1 aromatic heterocycles. The number of para-hydroxylation sites is 1. The molecule has 5 heteroatoms. The third kappa shape index (κ3) is 3.45. The number of carbonyl (C=O) groups is 1. The van der Waals surface area contributed by atoms with Crippen molar-refractivity contribution in [2.24, 2.45) is 0 Å². The molecule has 1 aromatic carbocycles. The summed E-state index contributed by atoms with van der Waals surface area (Å²) < 4.78 is 0. The van der Waals surface area contributed by atoms with Crippen molar-refractivity contribution in [2.45, 2.75) is 6.92 Å². The van der Waals surface area contributed by atoms with Gasteiger partial charge in [-0.05, 0) is 25.1 Å². The maximum atomic E-state index is 12.0. The summed E-state index contributed by atoms with van der Waals surface area (Å²) in [5, 5.41) is 6.23. The lowest BCUT2D eigenvalue weighted by Gasteiger charge is -2.08. The van der Waals surface area contributed by atoms with Crippen molar-refractivity contribution in [3.63, 3.8) is 0 Å². The Morgan fingerprint density at radius 1 is 1.32 bits per heavy atom. The molecule has 0 aliphatic rings. The van der Waals surface area contributed by atoms with E-state index >= 15 is 0 Å². The number of rotatable bonds is 4. The fourth-order valence-electron chi connectivity index (χ4n) is 1.58. The fraction of sp³-hybridized carbons (Fsp3) is 0.143. The van der Waals surface area contributed by atoms with E-state index in [-0.39, 0.29) is 5.91 Å². The number of nitrogens with one attached hydrogen (secondary N) is 2. The number of halogens is 1. The monoisotopic (exact) mass is 275 g/mol. The summed E-state index contributed by atoms with van der Waals surface area (Å²) in [7, 11) is 0. The Morgan fingerprint density at radius 2 is 2.05 bits per heavy atom. The Kier molecular flexibility index (Phi) is 4.36. The lowest BCUT2D eigenvalue weighted by molar-refractivity contribution is 0.102. The van der Waals surface area contributed by atoms with Crippen LogP contribution in [-0.4, -0.2) is 17.4 Å². The third-order valence-corrected chi connectivity index (χ3v) is 2.77. The van der Waals surface area contributed by atoms with Gasteiger partial charge in [-0.25, -0.2) is 4.98 Å². The zero-order valence-electron chi connectivity index (χ0n) is 10.5. The van der Waals surface area contributed by atoms with E-state index in [1.807, 2.05) is 37.3 Å². The van der Waals surface area contributed by atoms with Crippen LogP contribution in [0.4, 0.5) is 11.5 Å². The predicted octanol–water partition coefficient (Wildman–Crippen LogP) is 3.42. The second kappa shape index (κ2) is 6.20. The molecule has 0 spiro atoms. The molecule has 98 valence electrons. The smallest absolute Gasteiger partial charge is 0.257 e. The first kappa shape index (κ1) is 13.4. The molecule has 0 bridgehead atoms. The molecule has 2 aromatic rings. The summed E-state index contributed by atoms with van der Waals surface area (Å²) in [6.07, 6.45) is 1.50. The van der Waals surface area contributed by atoms with Crippen LogP contribution in [-0.2, 0) is 0 Å². The van der Waals surface area contributed by atoms with Crippen molar-refractivity contribution in [3.8, 4) is 0 Å². The van der Waals surface area contributed by atoms with E-state index in [2.05, 4.69) is 15.6 Å². The molecule has 2 rings (SSSR count). The molecule has 0 aliphatic carbocycles. The van der Waals surface area contributed by atoms with Crippen molar-refractivity contribution in [1.29, 1.82) is 0 Å². The van der Waals surface area contributed by atoms with Gasteiger partial charge in [-0.3, -0.25) is 4.79 Å². The minimum atomic E-state index is -0.233. The van der Waals surface area contributed by atoms with E-state index in [9.17, 15) is 4.79 Å². The average molecular weight is 276 g/mol. The van der Waals surface area contributed by atoms with Crippen LogP contribution in [0.1, 0.15) is 17.3 Å². The number of anilines is 2. The van der Waals surface area contributed by atoms with Crippen LogP contribution in [0.15, 0.2) is 42.6 Å². The van der Waals surface area contributed by atoms with E-state index in [1.54, 1.807) is 6.07 Å². The first-order valence-corrected chi connectivity index (χ1v) is 6.34. The van der Waals surface area contributed by atoms with Gasteiger partial charge < -0.3 is 10.6 Å². The topological polar surface area (TPSA) is 54.0 Å². The highest BCUT2D eigenvalue weighted by Gasteiger charge is 2.09. The van der Waals surface area contributed by atoms with E-state index in [4.69, 9.17) is 11.6 Å². The van der Waals surface area contributed by atoms with E-state index in [1.165, 1.54) is 6.20 Å². The highest BCUT2D eigenvalue weighted by molar-refractivity contribution is 6.33. The first-order valence-electron chi connectivity index (χ1n) is 5.96. The zero-order valence-corrected chi connectivity index (χ0v) is 11.2. The third-order valence-electron chi connectivity index (χ3n) is 2.48. The standard InChI is InChI=1S/C14H14ClN3O/c1-2-16-13-12(15)8-10(9-17-13)14(19)18-11-6-4-3-5-7-11/h3-9H,2H2,1H3,(H,16,17)(H,18,19). The van der Waals surface area contributed by atoms with Gasteiger partial charge in [0.2, 0.25) is 0 Å². The lowest BCUT2D eigenvalue weighted by atomic mass is 10.2. The SMILES string of the molecule is CCNc1ncc(C(=O)Nc2ccccc2)cc1Cl. The molecule has 19 heavy (non-hydrogen) atoms. The van der Waals surface area contributed by atoms with Gasteiger partial charge in [-0.15, -0.1) is 0 Å². The van der Waals surface area contributed by atoms with E-state index < -0.39 is 0 Å². The molecule has 0 saturated carbocycles. The summed E-state index contributed by atoms with van der Waals surface area (Å²) in [5.41, 5.74) is 1.16. The van der Waals surface area contributed by atoms with E-state index in [0.29, 0.717) is 16.4 Å². The van der Waals surface area contributed by atoms with Gasteiger partial charge in [0, 0.05) is 18.4 Å². The Balaban J connectivity index is 2.14. The lowest BCUT2D eigenvalue weighted by Crippen LogP contribution is -2.12. The first-order chi connectivity index (χ1) is 9.20. The number of amides is 1. The molecule has 1 amide bonds. The molecule has 0 fully saturated rings. The minimum Gasteiger partial charge on any atom is -0.369 e. The van der Waals surface area contributed by atoms with Gasteiger partial charge in [0.25, 0.3) is 5.91 Å². The number of hydrogen-bond acceptors (Lipinski definition) is 3. The zero-order chi connectivity index (χ0) is 13.7. The van der Waals surface area contributed by atoms with Gasteiger partial charge in [-0.2, -0.15) is 0 Å². The molecule has 0 radical (unpaired) electrons.